The Bertz CT molecular complexity index is 429. The molecule has 0 aliphatic carbocycles. The van der Waals surface area contributed by atoms with E-state index in [1.54, 1.807) is 0 Å². The third-order valence-corrected chi connectivity index (χ3v) is 3.58. The van der Waals surface area contributed by atoms with E-state index in [2.05, 4.69) is 5.32 Å². The molecule has 5 heteroatoms. The zero-order valence-electron chi connectivity index (χ0n) is 13.5. The van der Waals surface area contributed by atoms with Crippen LogP contribution in [0.5, 0.6) is 0 Å². The summed E-state index contributed by atoms with van der Waals surface area (Å²) in [5, 5.41) is 2.91. The Balaban J connectivity index is 3.18. The standard InChI is InChI=1S/C15H26N2O3/c1-9(18)8-10(19)17-12(15(5,6)7)11(14(2,3)4)16-13(17)20/h11-12H,8H2,1-7H3,(H,16,20)/t11-,12-/m0/s1. The van der Waals surface area contributed by atoms with Crippen LogP contribution in [0.25, 0.3) is 0 Å². The Morgan fingerprint density at radius 3 is 1.95 bits per heavy atom. The Hall–Kier alpha value is -1.39. The normalized spacial score (nSPS) is 23.8. The monoisotopic (exact) mass is 282 g/mol. The van der Waals surface area contributed by atoms with Crippen molar-refractivity contribution in [1.29, 1.82) is 0 Å². The molecule has 1 saturated heterocycles. The highest BCUT2D eigenvalue weighted by Gasteiger charge is 2.52. The number of nitrogens with one attached hydrogen (secondary N) is 1. The summed E-state index contributed by atoms with van der Waals surface area (Å²) in [4.78, 5) is 36.9. The van der Waals surface area contributed by atoms with E-state index in [1.807, 2.05) is 41.5 Å². The molecule has 0 spiro atoms. The number of urea groups is 1. The second-order valence-corrected chi connectivity index (χ2v) is 7.75. The molecule has 0 bridgehead atoms. The van der Waals surface area contributed by atoms with Crippen LogP contribution in [-0.4, -0.2) is 34.7 Å². The summed E-state index contributed by atoms with van der Waals surface area (Å²) >= 11 is 0. The molecule has 1 fully saturated rings. The van der Waals surface area contributed by atoms with Gasteiger partial charge >= 0.3 is 6.03 Å². The van der Waals surface area contributed by atoms with E-state index in [4.69, 9.17) is 0 Å². The first-order valence-electron chi connectivity index (χ1n) is 6.97. The number of ketones is 1. The van der Waals surface area contributed by atoms with Gasteiger partial charge in [0.25, 0.3) is 0 Å². The molecule has 0 aromatic carbocycles. The third kappa shape index (κ3) is 3.38. The van der Waals surface area contributed by atoms with Crippen molar-refractivity contribution < 1.29 is 14.4 Å². The topological polar surface area (TPSA) is 66.5 Å². The minimum absolute atomic E-state index is 0.133. The zero-order valence-corrected chi connectivity index (χ0v) is 13.5. The fourth-order valence-electron chi connectivity index (χ4n) is 2.70. The van der Waals surface area contributed by atoms with Crippen molar-refractivity contribution in [2.45, 2.75) is 67.0 Å². The number of rotatable bonds is 2. The predicted octanol–water partition coefficient (Wildman–Crippen LogP) is 2.35. The lowest BCUT2D eigenvalue weighted by atomic mass is 9.73. The quantitative estimate of drug-likeness (QED) is 0.791. The zero-order chi connectivity index (χ0) is 15.9. The number of nitrogens with zero attached hydrogens (tertiary/aromatic N) is 1. The van der Waals surface area contributed by atoms with Crippen molar-refractivity contribution in [3.05, 3.63) is 0 Å². The molecule has 1 heterocycles. The van der Waals surface area contributed by atoms with Gasteiger partial charge in [0.05, 0.1) is 18.5 Å². The lowest BCUT2D eigenvalue weighted by molar-refractivity contribution is -0.134. The molecule has 0 radical (unpaired) electrons. The molecule has 1 N–H and O–H groups in total. The van der Waals surface area contributed by atoms with E-state index < -0.39 is 11.9 Å². The van der Waals surface area contributed by atoms with Gasteiger partial charge in [-0.3, -0.25) is 14.5 Å². The van der Waals surface area contributed by atoms with Gasteiger partial charge < -0.3 is 5.32 Å². The second-order valence-electron chi connectivity index (χ2n) is 7.75. The average molecular weight is 282 g/mol. The second kappa shape index (κ2) is 5.19. The highest BCUT2D eigenvalue weighted by molar-refractivity contribution is 6.05. The van der Waals surface area contributed by atoms with Crippen LogP contribution in [0.15, 0.2) is 0 Å². The molecule has 114 valence electrons. The van der Waals surface area contributed by atoms with Crippen LogP contribution >= 0.6 is 0 Å². The maximum absolute atomic E-state index is 12.2. The smallest absolute Gasteiger partial charge is 0.324 e. The summed E-state index contributed by atoms with van der Waals surface area (Å²) < 4.78 is 0. The lowest BCUT2D eigenvalue weighted by Gasteiger charge is -2.40. The summed E-state index contributed by atoms with van der Waals surface area (Å²) in [6.45, 7) is 13.5. The van der Waals surface area contributed by atoms with Gasteiger partial charge in [-0.25, -0.2) is 4.79 Å². The van der Waals surface area contributed by atoms with Gasteiger partial charge in [0.15, 0.2) is 0 Å². The highest BCUT2D eigenvalue weighted by Crippen LogP contribution is 2.38. The van der Waals surface area contributed by atoms with E-state index in [-0.39, 0.29) is 35.1 Å². The molecule has 1 rings (SSSR count). The van der Waals surface area contributed by atoms with Crippen molar-refractivity contribution in [3.63, 3.8) is 0 Å². The van der Waals surface area contributed by atoms with Crippen LogP contribution in [0, 0.1) is 10.8 Å². The highest BCUT2D eigenvalue weighted by atomic mass is 16.2. The number of hydrogen-bond acceptors (Lipinski definition) is 3. The Morgan fingerprint density at radius 2 is 1.60 bits per heavy atom. The van der Waals surface area contributed by atoms with Gasteiger partial charge in [-0.2, -0.15) is 0 Å². The van der Waals surface area contributed by atoms with E-state index in [1.165, 1.54) is 11.8 Å². The first kappa shape index (κ1) is 16.7. The number of imide groups is 1. The molecule has 20 heavy (non-hydrogen) atoms. The Kier molecular flexibility index (Phi) is 4.32. The van der Waals surface area contributed by atoms with Gasteiger partial charge in [-0.1, -0.05) is 41.5 Å². The third-order valence-electron chi connectivity index (χ3n) is 3.58. The number of hydrogen-bond donors (Lipinski definition) is 1. The first-order valence-corrected chi connectivity index (χ1v) is 6.97. The molecule has 1 aliphatic heterocycles. The van der Waals surface area contributed by atoms with Gasteiger partial charge in [-0.05, 0) is 17.8 Å². The maximum Gasteiger partial charge on any atom is 0.324 e. The molecular weight excluding hydrogens is 256 g/mol. The van der Waals surface area contributed by atoms with Crippen LogP contribution in [0.3, 0.4) is 0 Å². The molecule has 1 aliphatic rings. The number of Topliss-reactive ketones (excluding diaryl/α,β-unsaturated/α-hetero) is 1. The predicted molar refractivity (Wildman–Crippen MR) is 77.2 cm³/mol. The number of carbonyl (C=O) groups excluding carboxylic acids is 3. The van der Waals surface area contributed by atoms with Gasteiger partial charge in [-0.15, -0.1) is 0 Å². The van der Waals surface area contributed by atoms with Crippen molar-refractivity contribution in [1.82, 2.24) is 10.2 Å². The van der Waals surface area contributed by atoms with Gasteiger partial charge in [0.2, 0.25) is 5.91 Å². The average Bonchev–Trinajstić information content (AvgIpc) is 2.53. The van der Waals surface area contributed by atoms with E-state index in [0.717, 1.165) is 0 Å². The molecule has 5 nitrogen and oxygen atoms in total. The Morgan fingerprint density at radius 1 is 1.10 bits per heavy atom. The summed E-state index contributed by atoms with van der Waals surface area (Å²) in [6.07, 6.45) is -0.225. The summed E-state index contributed by atoms with van der Waals surface area (Å²) in [5.74, 6) is -0.642. The van der Waals surface area contributed by atoms with Gasteiger partial charge in [0.1, 0.15) is 5.78 Å². The van der Waals surface area contributed by atoms with E-state index >= 15 is 0 Å². The molecule has 2 atom stereocenters. The minimum Gasteiger partial charge on any atom is -0.332 e. The van der Waals surface area contributed by atoms with E-state index in [0.29, 0.717) is 0 Å². The summed E-state index contributed by atoms with van der Waals surface area (Å²) in [6, 6.07) is -0.788. The fraction of sp³-hybridized carbons (Fsp3) is 0.800. The fourth-order valence-corrected chi connectivity index (χ4v) is 2.70. The van der Waals surface area contributed by atoms with Crippen molar-refractivity contribution in [2.24, 2.45) is 10.8 Å². The molecule has 0 saturated carbocycles. The SMILES string of the molecule is CC(=O)CC(=O)N1C(=O)N[C@H](C(C)(C)C)[C@H]1C(C)(C)C. The summed E-state index contributed by atoms with van der Waals surface area (Å²) in [7, 11) is 0. The van der Waals surface area contributed by atoms with Crippen LogP contribution in [0.1, 0.15) is 54.9 Å². The van der Waals surface area contributed by atoms with Crippen molar-refractivity contribution >= 4 is 17.7 Å². The summed E-state index contributed by atoms with van der Waals surface area (Å²) in [5.41, 5.74) is -0.428. The van der Waals surface area contributed by atoms with Crippen LogP contribution in [0.4, 0.5) is 4.79 Å². The molecule has 3 amide bonds. The largest absolute Gasteiger partial charge is 0.332 e. The first-order chi connectivity index (χ1) is 8.85. The molecule has 0 aromatic rings. The van der Waals surface area contributed by atoms with Crippen molar-refractivity contribution in [2.75, 3.05) is 0 Å². The number of carbonyl (C=O) groups is 3. The van der Waals surface area contributed by atoms with Crippen LogP contribution < -0.4 is 5.32 Å². The van der Waals surface area contributed by atoms with Crippen molar-refractivity contribution in [3.8, 4) is 0 Å². The van der Waals surface area contributed by atoms with Gasteiger partial charge in [0, 0.05) is 0 Å². The Labute approximate surface area is 121 Å². The molecule has 0 aromatic heterocycles. The van der Waals surface area contributed by atoms with Crippen LogP contribution in [0.2, 0.25) is 0 Å². The van der Waals surface area contributed by atoms with Crippen LogP contribution in [-0.2, 0) is 9.59 Å². The molecule has 0 unspecified atom stereocenters. The molecular formula is C15H26N2O3. The lowest BCUT2D eigenvalue weighted by Crippen LogP contribution is -2.52. The maximum atomic E-state index is 12.2. The number of amides is 3. The minimum atomic E-state index is -0.415. The van der Waals surface area contributed by atoms with E-state index in [9.17, 15) is 14.4 Å².